The van der Waals surface area contributed by atoms with Crippen LogP contribution >= 0.6 is 29.9 Å². The number of halogens is 1. The zero-order valence-electron chi connectivity index (χ0n) is 55.9. The lowest BCUT2D eigenvalue weighted by molar-refractivity contribution is -0.107. The fourth-order valence-electron chi connectivity index (χ4n) is 12.3. The van der Waals surface area contributed by atoms with Gasteiger partial charge in [-0.3, -0.25) is 9.68 Å². The first-order chi connectivity index (χ1) is 47.3. The van der Waals surface area contributed by atoms with E-state index in [2.05, 4.69) is 184 Å². The van der Waals surface area contributed by atoms with Crippen LogP contribution in [0.2, 0.25) is 0 Å². The summed E-state index contributed by atoms with van der Waals surface area (Å²) < 4.78 is 33.6. The molecule has 5 fully saturated rings. The molecule has 4 aromatic heterocycles. The molecular weight excluding hydrogens is 1380 g/mol. The zero-order valence-corrected chi connectivity index (χ0v) is 58.9. The number of carbonyl (C=O) groups is 4. The Balaban J connectivity index is 0.000000120. The second kappa shape index (κ2) is 31.1. The van der Waals surface area contributed by atoms with E-state index in [0.717, 1.165) is 47.9 Å². The summed E-state index contributed by atoms with van der Waals surface area (Å²) >= 11 is 2.25. The van der Waals surface area contributed by atoms with Gasteiger partial charge in [-0.1, -0.05) is 85.0 Å². The summed E-state index contributed by atoms with van der Waals surface area (Å²) in [4.78, 5) is 83.9. The number of nitrogens with zero attached hydrogens (tertiary/aromatic N) is 12. The van der Waals surface area contributed by atoms with Crippen molar-refractivity contribution in [3.05, 3.63) is 224 Å². The Morgan fingerprint density at radius 2 is 0.878 bits per heavy atom. The highest BCUT2D eigenvalue weighted by Gasteiger charge is 2.53. The molecule has 0 spiro atoms. The molecule has 0 N–H and O–H groups in total. The van der Waals surface area contributed by atoms with Gasteiger partial charge in [-0.05, 0) is 106 Å². The number of allylic oxidation sites excluding steroid dienone is 1. The quantitative estimate of drug-likeness (QED) is 0.0426. The second-order valence-electron chi connectivity index (χ2n) is 25.0. The van der Waals surface area contributed by atoms with Crippen LogP contribution in [0.1, 0.15) is 51.9 Å². The number of amides is 8. The van der Waals surface area contributed by atoms with E-state index >= 15 is 0 Å². The van der Waals surface area contributed by atoms with Crippen molar-refractivity contribution < 1.29 is 55.8 Å². The van der Waals surface area contributed by atoms with Gasteiger partial charge in [0.1, 0.15) is 23.2 Å². The molecule has 4 unspecified atom stereocenters. The maximum atomic E-state index is 12.0. The number of oxazole rings is 4. The Bertz CT molecular complexity index is 3830. The summed E-state index contributed by atoms with van der Waals surface area (Å²) in [5, 5.41) is 7.01. The third-order valence-electron chi connectivity index (χ3n) is 18.0. The molecule has 510 valence electrons. The number of likely N-dealkylation sites (N-methyl/N-ethyl adjacent to an activating group) is 2. The van der Waals surface area contributed by atoms with Crippen molar-refractivity contribution in [2.75, 3.05) is 79.7 Å². The third kappa shape index (κ3) is 15.4. The van der Waals surface area contributed by atoms with E-state index in [4.69, 9.17) is 36.7 Å². The van der Waals surface area contributed by atoms with Gasteiger partial charge >= 0.3 is 31.2 Å². The molecular formula is C71H80BIN12O12P+. The Hall–Kier alpha value is -9.18. The van der Waals surface area contributed by atoms with Crippen molar-refractivity contribution in [3.63, 3.8) is 0 Å². The Kier molecular flexibility index (Phi) is 22.3. The van der Waals surface area contributed by atoms with Crippen LogP contribution in [-0.2, 0) is 19.0 Å². The maximum absolute atomic E-state index is 12.0. The first-order valence-electron chi connectivity index (χ1n) is 32.1. The van der Waals surface area contributed by atoms with E-state index in [1.165, 1.54) is 55.2 Å². The van der Waals surface area contributed by atoms with Crippen LogP contribution in [0, 0.1) is 0 Å². The molecule has 0 radical (unpaired) electrons. The predicted octanol–water partition coefficient (Wildman–Crippen LogP) is 9.94. The molecule has 8 bridgehead atoms. The molecule has 0 saturated carbocycles. The first kappa shape index (κ1) is 70.2. The Morgan fingerprint density at radius 1 is 0.520 bits per heavy atom. The van der Waals surface area contributed by atoms with Gasteiger partial charge in [0.25, 0.3) is 0 Å². The van der Waals surface area contributed by atoms with E-state index < -0.39 is 14.4 Å². The summed E-state index contributed by atoms with van der Waals surface area (Å²) in [6, 6.07) is 33.0. The molecule has 16 rings (SSSR count). The largest absolute Gasteiger partial charge is 0.534 e. The van der Waals surface area contributed by atoms with Gasteiger partial charge in [-0.15, -0.1) is 13.2 Å². The number of benzene rings is 3. The molecule has 7 aromatic rings. The summed E-state index contributed by atoms with van der Waals surface area (Å²) in [7, 11) is 1.48. The Labute approximate surface area is 584 Å². The molecule has 24 nitrogen and oxygen atoms in total. The van der Waals surface area contributed by atoms with E-state index in [1.807, 2.05) is 57.7 Å². The van der Waals surface area contributed by atoms with Crippen LogP contribution in [0.3, 0.4) is 0 Å². The number of hydrogen-bond donors (Lipinski definition) is 0. The topological polar surface area (TPSA) is 235 Å². The molecule has 13 heterocycles. The molecule has 9 aliphatic rings. The highest BCUT2D eigenvalue weighted by Crippen LogP contribution is 2.56. The van der Waals surface area contributed by atoms with Crippen molar-refractivity contribution in [1.82, 2.24) is 59.5 Å². The van der Waals surface area contributed by atoms with Crippen molar-refractivity contribution in [2.24, 2.45) is 0 Å². The molecule has 8 amide bonds. The third-order valence-corrected chi connectivity index (χ3v) is 22.8. The summed E-state index contributed by atoms with van der Waals surface area (Å²) in [6.45, 7) is 23.4. The van der Waals surface area contributed by atoms with Crippen LogP contribution in [0.15, 0.2) is 224 Å². The lowest BCUT2D eigenvalue weighted by Gasteiger charge is -2.32. The molecule has 9 aliphatic heterocycles. The van der Waals surface area contributed by atoms with E-state index in [0.29, 0.717) is 57.4 Å². The Morgan fingerprint density at radius 3 is 1.23 bits per heavy atom. The van der Waals surface area contributed by atoms with Crippen molar-refractivity contribution in [3.8, 4) is 0 Å². The van der Waals surface area contributed by atoms with Crippen LogP contribution in [0.25, 0.3) is 16.7 Å². The molecule has 27 heteroatoms. The minimum atomic E-state index is -1.73. The average Bonchev–Trinajstić information content (AvgIpc) is 1.55. The van der Waals surface area contributed by atoms with E-state index in [1.54, 1.807) is 56.5 Å². The average molecular weight is 1460 g/mol. The standard InChI is InChI=1S/C21H20P.C12H13N3O3.2C10H11N3O2.C9H14BNO3.C9H11IN2O2/c1-2-18-22(19-12-6-3-7-13-19,20-14-8-4-9-15-20)21-16-10-5-11-17-21;1-2-3-18-15-10-4-9(11-5-13-8-17-11)6-14(7-10)12(15)16;2*1-12-8-2-7(9-3-11-6-15-9)4-13(5-8)10(12)14;1-8(2)9(3,4)14-10(13-8)7-5-11-6-12-7;1-2-3-14-12-8-4-7(10)5-11(6-8)9(12)13/h2-18H,1H3;2,4-5,8,10H,1,3,6-7H2;2*2-3,6,8H,4-5H2,1H3;5-6H,1-4H3;2,4,8H,1,3,5-6H2/q+1;;;;;/b18-2+;;;;;. The van der Waals surface area contributed by atoms with Gasteiger partial charge in [0.2, 0.25) is 0 Å². The van der Waals surface area contributed by atoms with Crippen LogP contribution in [-0.4, -0.2) is 206 Å². The highest BCUT2D eigenvalue weighted by molar-refractivity contribution is 14.1. The van der Waals surface area contributed by atoms with E-state index in [-0.39, 0.29) is 59.5 Å². The molecule has 0 aliphatic carbocycles. The molecule has 3 aromatic carbocycles. The van der Waals surface area contributed by atoms with Crippen LogP contribution in [0.5, 0.6) is 0 Å². The molecule has 98 heavy (non-hydrogen) atoms. The summed E-state index contributed by atoms with van der Waals surface area (Å²) in [6.07, 6.45) is 25.9. The second-order valence-corrected chi connectivity index (χ2v) is 29.6. The van der Waals surface area contributed by atoms with E-state index in [9.17, 15) is 19.2 Å². The number of hydroxylamine groups is 4. The van der Waals surface area contributed by atoms with Gasteiger partial charge in [-0.2, -0.15) is 10.1 Å². The fourth-order valence-corrected chi connectivity index (χ4v) is 16.9. The number of fused-ring (bicyclic) bond motifs is 8. The molecule has 5 saturated heterocycles. The zero-order chi connectivity index (χ0) is 69.1. The summed E-state index contributed by atoms with van der Waals surface area (Å²) in [5.74, 6) is 4.62. The fraction of sp³-hybridized carbons (Fsp3) is 0.324. The first-order valence-corrected chi connectivity index (χ1v) is 35.0. The van der Waals surface area contributed by atoms with Gasteiger partial charge in [0.15, 0.2) is 48.5 Å². The van der Waals surface area contributed by atoms with Crippen molar-refractivity contribution >= 4 is 99.4 Å². The lowest BCUT2D eigenvalue weighted by Crippen LogP contribution is -2.41. The smallest absolute Gasteiger partial charge is 0.452 e. The maximum Gasteiger partial charge on any atom is 0.534 e. The van der Waals surface area contributed by atoms with Gasteiger partial charge in [0.05, 0.1) is 105 Å². The van der Waals surface area contributed by atoms with Crippen LogP contribution < -0.4 is 21.6 Å². The monoisotopic (exact) mass is 1460 g/mol. The SMILES string of the molecule is C/C=C/[P+](c1ccccc1)(c1ccccc1)c1ccccc1.C=CCON1C(=O)N2CC(I)=CC1C2.C=CCON1C(=O)N2CC(c3cnco3)=CC1C2.CC1(C)OB(c2cnco2)OC1(C)C.CN1C(=O)N2CC(c3cnco3)=CC1C2.CN1C(=O)N2CC(c3cnco3)=CC1C2. The van der Waals surface area contributed by atoms with Crippen molar-refractivity contribution in [2.45, 2.75) is 70.0 Å². The van der Waals surface area contributed by atoms with Gasteiger partial charge < -0.3 is 56.4 Å². The number of aromatic nitrogens is 4. The normalized spacial score (nSPS) is 21.4. The number of urea groups is 4. The minimum Gasteiger partial charge on any atom is -0.452 e. The predicted molar refractivity (Wildman–Crippen MR) is 382 cm³/mol. The summed E-state index contributed by atoms with van der Waals surface area (Å²) in [5.41, 5.74) is 3.00. The lowest BCUT2D eigenvalue weighted by atomic mass is 9.87. The minimum absolute atomic E-state index is 0.0419. The number of hydrogen-bond acceptors (Lipinski definition) is 16. The number of carbonyl (C=O) groups excluding carboxylic acids is 4. The molecule has 4 atom stereocenters. The van der Waals surface area contributed by atoms with Crippen molar-refractivity contribution in [1.29, 1.82) is 0 Å². The number of rotatable bonds is 14. The van der Waals surface area contributed by atoms with Crippen LogP contribution in [0.4, 0.5) is 19.2 Å². The highest BCUT2D eigenvalue weighted by atomic mass is 127. The van der Waals surface area contributed by atoms with Gasteiger partial charge in [-0.25, -0.2) is 39.1 Å². The van der Waals surface area contributed by atoms with Gasteiger partial charge in [0, 0.05) is 60.6 Å².